The number of rotatable bonds is 3. The molecule has 0 radical (unpaired) electrons. The van der Waals surface area contributed by atoms with E-state index >= 15 is 0 Å². The number of piperidine rings is 1. The van der Waals surface area contributed by atoms with Crippen molar-refractivity contribution in [3.05, 3.63) is 42.0 Å². The fourth-order valence-electron chi connectivity index (χ4n) is 2.67. The molecule has 0 aliphatic carbocycles. The molecular weight excluding hydrogens is 333 g/mol. The second-order valence-corrected chi connectivity index (χ2v) is 7.12. The highest BCUT2D eigenvalue weighted by molar-refractivity contribution is 7.89. The van der Waals surface area contributed by atoms with E-state index in [0.29, 0.717) is 25.0 Å². The molecule has 0 amide bonds. The Labute approximate surface area is 130 Å². The number of halogens is 3. The lowest BCUT2D eigenvalue weighted by Gasteiger charge is -2.31. The van der Waals surface area contributed by atoms with Gasteiger partial charge in [0.1, 0.15) is 17.5 Å². The zero-order valence-electron chi connectivity index (χ0n) is 11.9. The maximum atomic E-state index is 13.8. The van der Waals surface area contributed by atoms with Gasteiger partial charge in [-0.3, -0.25) is 0 Å². The van der Waals surface area contributed by atoms with Crippen LogP contribution in [0.25, 0.3) is 0 Å². The van der Waals surface area contributed by atoms with Crippen LogP contribution in [0.5, 0.6) is 0 Å². The van der Waals surface area contributed by atoms with E-state index < -0.39 is 32.4 Å². The lowest BCUT2D eigenvalue weighted by molar-refractivity contribution is 0.250. The van der Waals surface area contributed by atoms with Gasteiger partial charge < -0.3 is 0 Å². The minimum absolute atomic E-state index is 0.0158. The van der Waals surface area contributed by atoms with E-state index in [4.69, 9.17) is 0 Å². The van der Waals surface area contributed by atoms with Crippen LogP contribution in [-0.4, -0.2) is 40.8 Å². The summed E-state index contributed by atoms with van der Waals surface area (Å²) in [6.45, 7) is 0.145. The molecule has 124 valence electrons. The van der Waals surface area contributed by atoms with Gasteiger partial charge in [0.05, 0.1) is 12.2 Å². The van der Waals surface area contributed by atoms with E-state index in [0.717, 1.165) is 4.31 Å². The first-order chi connectivity index (χ1) is 10.9. The molecule has 1 aromatic carbocycles. The Bertz CT molecular complexity index is 788. The maximum Gasteiger partial charge on any atom is 0.249 e. The summed E-state index contributed by atoms with van der Waals surface area (Å²) in [5.41, 5.74) is 0. The zero-order chi connectivity index (χ0) is 16.6. The van der Waals surface area contributed by atoms with Gasteiger partial charge in [0.25, 0.3) is 0 Å². The van der Waals surface area contributed by atoms with Crippen LogP contribution in [0.4, 0.5) is 13.2 Å². The molecule has 1 aliphatic rings. The highest BCUT2D eigenvalue weighted by atomic mass is 32.2. The normalized spacial score (nSPS) is 19.9. The highest BCUT2D eigenvalue weighted by Gasteiger charge is 2.35. The third-order valence-corrected chi connectivity index (χ3v) is 5.65. The Morgan fingerprint density at radius 2 is 1.87 bits per heavy atom. The molecule has 1 aliphatic heterocycles. The summed E-state index contributed by atoms with van der Waals surface area (Å²) in [5.74, 6) is -4.05. The fourth-order valence-corrected chi connectivity index (χ4v) is 4.28. The summed E-state index contributed by atoms with van der Waals surface area (Å²) >= 11 is 0. The summed E-state index contributed by atoms with van der Waals surface area (Å²) in [7, 11) is -4.41. The van der Waals surface area contributed by atoms with Crippen LogP contribution in [0.2, 0.25) is 0 Å². The molecule has 1 atom stereocenters. The van der Waals surface area contributed by atoms with E-state index in [2.05, 4.69) is 10.3 Å². The van der Waals surface area contributed by atoms with Crippen molar-refractivity contribution >= 4 is 10.0 Å². The van der Waals surface area contributed by atoms with Crippen LogP contribution in [0.15, 0.2) is 29.4 Å². The molecule has 3 rings (SSSR count). The number of aromatic nitrogens is 3. The molecule has 10 heteroatoms. The Balaban J connectivity index is 1.94. The monoisotopic (exact) mass is 346 g/mol. The van der Waals surface area contributed by atoms with Crippen molar-refractivity contribution in [1.29, 1.82) is 0 Å². The molecule has 0 spiro atoms. The topological polar surface area (TPSA) is 68.1 Å². The van der Waals surface area contributed by atoms with E-state index in [1.807, 2.05) is 0 Å². The summed E-state index contributed by atoms with van der Waals surface area (Å²) in [6.07, 6.45) is 4.24. The van der Waals surface area contributed by atoms with Crippen molar-refractivity contribution < 1.29 is 21.6 Å². The van der Waals surface area contributed by atoms with Crippen LogP contribution in [-0.2, 0) is 10.0 Å². The molecule has 1 aromatic heterocycles. The molecular formula is C13H13F3N4O2S. The largest absolute Gasteiger partial charge is 0.249 e. The fraction of sp³-hybridized carbons (Fsp3) is 0.385. The molecule has 1 saturated heterocycles. The van der Waals surface area contributed by atoms with Crippen molar-refractivity contribution in [2.45, 2.75) is 23.8 Å². The van der Waals surface area contributed by atoms with Crippen molar-refractivity contribution in [2.24, 2.45) is 0 Å². The van der Waals surface area contributed by atoms with Gasteiger partial charge in [0.2, 0.25) is 10.0 Å². The molecule has 0 saturated carbocycles. The van der Waals surface area contributed by atoms with Crippen LogP contribution < -0.4 is 0 Å². The number of sulfonamides is 1. The third kappa shape index (κ3) is 2.95. The minimum Gasteiger partial charge on any atom is -0.248 e. The van der Waals surface area contributed by atoms with E-state index in [1.54, 1.807) is 6.20 Å². The molecule has 0 N–H and O–H groups in total. The Hall–Kier alpha value is -1.94. The van der Waals surface area contributed by atoms with Gasteiger partial charge in [0, 0.05) is 31.4 Å². The first-order valence-corrected chi connectivity index (χ1v) is 8.34. The van der Waals surface area contributed by atoms with E-state index in [-0.39, 0.29) is 19.1 Å². The van der Waals surface area contributed by atoms with Gasteiger partial charge in [-0.25, -0.2) is 26.3 Å². The maximum absolute atomic E-state index is 13.8. The Kier molecular flexibility index (Phi) is 4.11. The van der Waals surface area contributed by atoms with Gasteiger partial charge in [-0.2, -0.15) is 4.31 Å². The summed E-state index contributed by atoms with van der Waals surface area (Å²) in [5, 5.41) is 7.49. The van der Waals surface area contributed by atoms with Crippen LogP contribution >= 0.6 is 0 Å². The zero-order valence-corrected chi connectivity index (χ0v) is 12.7. The van der Waals surface area contributed by atoms with Gasteiger partial charge in [-0.1, -0.05) is 5.21 Å². The average molecular weight is 346 g/mol. The molecule has 23 heavy (non-hydrogen) atoms. The SMILES string of the molecule is O=S(=O)(c1c(F)cc(F)cc1F)N1CCCC(n2ccnn2)C1. The standard InChI is InChI=1S/C13H13F3N4O2S/c14-9-6-11(15)13(12(16)7-9)23(21,22)19-4-1-2-10(8-19)20-5-3-17-18-20/h3,5-7,10H,1-2,4,8H2. The van der Waals surface area contributed by atoms with Gasteiger partial charge in [-0.05, 0) is 12.8 Å². The van der Waals surface area contributed by atoms with E-state index in [9.17, 15) is 21.6 Å². The quantitative estimate of drug-likeness (QED) is 0.849. The van der Waals surface area contributed by atoms with Crippen LogP contribution in [0.3, 0.4) is 0 Å². The predicted octanol–water partition coefficient (Wildman–Crippen LogP) is 1.72. The van der Waals surface area contributed by atoms with Crippen molar-refractivity contribution in [1.82, 2.24) is 19.3 Å². The third-order valence-electron chi connectivity index (χ3n) is 3.74. The molecule has 2 aromatic rings. The molecule has 1 unspecified atom stereocenters. The first-order valence-electron chi connectivity index (χ1n) is 6.90. The molecule has 1 fully saturated rings. The molecule has 0 bridgehead atoms. The highest BCUT2D eigenvalue weighted by Crippen LogP contribution is 2.29. The van der Waals surface area contributed by atoms with E-state index in [1.165, 1.54) is 10.9 Å². The van der Waals surface area contributed by atoms with Gasteiger partial charge in [0.15, 0.2) is 4.90 Å². The lowest BCUT2D eigenvalue weighted by Crippen LogP contribution is -2.41. The Morgan fingerprint density at radius 3 is 2.48 bits per heavy atom. The first kappa shape index (κ1) is 15.9. The Morgan fingerprint density at radius 1 is 1.17 bits per heavy atom. The molecule has 2 heterocycles. The van der Waals surface area contributed by atoms with Crippen molar-refractivity contribution in [2.75, 3.05) is 13.1 Å². The summed E-state index contributed by atoms with van der Waals surface area (Å²) < 4.78 is 68.2. The summed E-state index contributed by atoms with van der Waals surface area (Å²) in [6, 6.07) is 0.441. The second kappa shape index (κ2) is 5.93. The van der Waals surface area contributed by atoms with Crippen molar-refractivity contribution in [3.63, 3.8) is 0 Å². The van der Waals surface area contributed by atoms with Crippen LogP contribution in [0.1, 0.15) is 18.9 Å². The van der Waals surface area contributed by atoms with Crippen molar-refractivity contribution in [3.8, 4) is 0 Å². The number of nitrogens with zero attached hydrogens (tertiary/aromatic N) is 4. The summed E-state index contributed by atoms with van der Waals surface area (Å²) in [4.78, 5) is -1.13. The predicted molar refractivity (Wildman–Crippen MR) is 73.4 cm³/mol. The van der Waals surface area contributed by atoms with Crippen LogP contribution in [0, 0.1) is 17.5 Å². The molecule has 6 nitrogen and oxygen atoms in total. The second-order valence-electron chi connectivity index (χ2n) is 5.24. The lowest BCUT2D eigenvalue weighted by atomic mass is 10.1. The van der Waals surface area contributed by atoms with Gasteiger partial charge in [-0.15, -0.1) is 5.10 Å². The number of hydrogen-bond donors (Lipinski definition) is 0. The smallest absolute Gasteiger partial charge is 0.248 e. The minimum atomic E-state index is -4.41. The number of hydrogen-bond acceptors (Lipinski definition) is 4. The number of benzene rings is 1. The van der Waals surface area contributed by atoms with Gasteiger partial charge >= 0.3 is 0 Å². The average Bonchev–Trinajstić information content (AvgIpc) is 3.00.